The smallest absolute Gasteiger partial charge is 0.0915 e. The summed E-state index contributed by atoms with van der Waals surface area (Å²) in [6.07, 6.45) is -1.49. The summed E-state index contributed by atoms with van der Waals surface area (Å²) >= 11 is 11.7. The van der Waals surface area contributed by atoms with Crippen LogP contribution in [0.2, 0.25) is 10.0 Å². The van der Waals surface area contributed by atoms with Crippen molar-refractivity contribution in [1.29, 1.82) is 0 Å². The van der Waals surface area contributed by atoms with Crippen LogP contribution in [0.3, 0.4) is 0 Å². The molecule has 0 heterocycles. The molecule has 0 aliphatic rings. The molecule has 3 nitrogen and oxygen atoms in total. The Kier molecular flexibility index (Phi) is 2.87. The molecule has 1 unspecified atom stereocenters. The topological polar surface area (TPSA) is 58.3 Å². The first kappa shape index (κ1) is 7.55. The number of nitrogens with one attached hydrogen (secondary N) is 1. The maximum atomic E-state index is 10.2. The van der Waals surface area contributed by atoms with Crippen LogP contribution in [0.1, 0.15) is 44.6 Å². The third-order valence-electron chi connectivity index (χ3n) is 2.05. The average molecular weight is 323 g/mol. The summed E-state index contributed by atoms with van der Waals surface area (Å²) in [5.41, 5.74) is 2.52. The van der Waals surface area contributed by atoms with E-state index in [0.717, 1.165) is 0 Å². The van der Waals surface area contributed by atoms with Crippen molar-refractivity contribution in [3.63, 3.8) is 0 Å². The zero-order chi connectivity index (χ0) is 20.7. The van der Waals surface area contributed by atoms with E-state index in [2.05, 4.69) is 0 Å². The fourth-order valence-corrected chi connectivity index (χ4v) is 1.67. The normalized spacial score (nSPS) is 22.5. The van der Waals surface area contributed by atoms with Crippen molar-refractivity contribution in [3.8, 4) is 0 Å². The maximum Gasteiger partial charge on any atom is 0.0915 e. The van der Waals surface area contributed by atoms with E-state index < -0.39 is 38.7 Å². The van der Waals surface area contributed by atoms with Crippen LogP contribution in [0.4, 0.5) is 5.69 Å². The van der Waals surface area contributed by atoms with Crippen LogP contribution in [-0.2, 0) is 0 Å². The first-order valence-electron chi connectivity index (χ1n) is 9.13. The Morgan fingerprint density at radius 2 is 1.89 bits per heavy atom. The summed E-state index contributed by atoms with van der Waals surface area (Å²) in [4.78, 5) is 0. The molecule has 0 aliphatic heterocycles. The Morgan fingerprint density at radius 3 is 2.33 bits per heavy atom. The van der Waals surface area contributed by atoms with Gasteiger partial charge in [-0.25, -0.2) is 0 Å². The summed E-state index contributed by atoms with van der Waals surface area (Å²) in [6, 6.07) is 2.52. The fraction of sp³-hybridized carbons (Fsp3) is 0.500. The summed E-state index contributed by atoms with van der Waals surface area (Å²) < 4.78 is 67.5. The number of nitrogens with two attached hydrogens (primary N) is 1. The van der Waals surface area contributed by atoms with Crippen LogP contribution in [0.25, 0.3) is 0 Å². The molecule has 0 saturated heterocycles. The monoisotopic (exact) mass is 321 g/mol. The van der Waals surface area contributed by atoms with Crippen LogP contribution in [-0.4, -0.2) is 17.2 Å². The zero-order valence-electron chi connectivity index (χ0n) is 18.1. The van der Waals surface area contributed by atoms with Gasteiger partial charge in [-0.3, -0.25) is 0 Å². The standard InChI is InChI=1S/C12H18Cl2N2O.ClH/c1-12(2,3)16-6-10(17)7-4-8(13)11(15)9(14)5-7;/h4-5,10,16-17H,6,15H2,1-3H3;1H/i1D3,2D3,3D3;. The molecule has 4 N–H and O–H groups in total. The number of benzene rings is 1. The molecule has 18 heavy (non-hydrogen) atoms. The predicted octanol–water partition coefficient (Wildman–Crippen LogP) is 3.42. The van der Waals surface area contributed by atoms with E-state index in [1.807, 2.05) is 5.32 Å². The molecule has 104 valence electrons. The minimum Gasteiger partial charge on any atom is -0.396 e. The molecule has 1 rings (SSSR count). The lowest BCUT2D eigenvalue weighted by Crippen LogP contribution is -2.38. The molecule has 0 radical (unpaired) electrons. The van der Waals surface area contributed by atoms with Gasteiger partial charge in [0, 0.05) is 24.4 Å². The second-order valence-electron chi connectivity index (χ2n) is 3.54. The molecule has 0 bridgehead atoms. The summed E-state index contributed by atoms with van der Waals surface area (Å²) in [7, 11) is 0. The summed E-state index contributed by atoms with van der Waals surface area (Å²) in [5, 5.41) is 12.4. The van der Waals surface area contributed by atoms with Gasteiger partial charge in [-0.2, -0.15) is 0 Å². The number of β-amino-alcohol motifs (C(OH)–C–C–N with tert-alkyl or cyclic N) is 1. The largest absolute Gasteiger partial charge is 0.396 e. The van der Waals surface area contributed by atoms with E-state index in [0.29, 0.717) is 0 Å². The molecule has 1 aromatic rings. The third kappa shape index (κ3) is 5.21. The number of aliphatic hydroxyl groups is 1. The van der Waals surface area contributed by atoms with Crippen LogP contribution in [0.15, 0.2) is 12.1 Å². The van der Waals surface area contributed by atoms with E-state index in [1.54, 1.807) is 0 Å². The van der Waals surface area contributed by atoms with Crippen molar-refractivity contribution >= 4 is 41.3 Å². The van der Waals surface area contributed by atoms with Gasteiger partial charge in [0.1, 0.15) is 0 Å². The highest BCUT2D eigenvalue weighted by Gasteiger charge is 2.15. The minimum atomic E-state index is -3.42. The number of aliphatic hydroxyl groups excluding tert-OH is 1. The molecule has 0 fully saturated rings. The molecule has 0 aromatic heterocycles. The van der Waals surface area contributed by atoms with Gasteiger partial charge >= 0.3 is 0 Å². The van der Waals surface area contributed by atoms with Crippen LogP contribution >= 0.6 is 35.6 Å². The number of anilines is 1. The van der Waals surface area contributed by atoms with Gasteiger partial charge in [0.2, 0.25) is 0 Å². The molecule has 6 heteroatoms. The Hall–Kier alpha value is -0.190. The molecule has 1 aromatic carbocycles. The summed E-state index contributed by atoms with van der Waals surface area (Å²) in [5.74, 6) is 0. The fourth-order valence-electron chi connectivity index (χ4n) is 1.16. The SMILES string of the molecule is Cl.[2H]C([2H])([2H])C(NCC(O)c1cc(Cl)c(N)c(Cl)c1)(C([2H])([2H])[2H])C([2H])([2H])[2H]. The van der Waals surface area contributed by atoms with Gasteiger partial charge < -0.3 is 16.2 Å². The molecule has 0 amide bonds. The van der Waals surface area contributed by atoms with Crippen molar-refractivity contribution < 1.29 is 17.4 Å². The molecule has 0 spiro atoms. The minimum absolute atomic E-state index is 0. The lowest BCUT2D eigenvalue weighted by atomic mass is 10.1. The van der Waals surface area contributed by atoms with Gasteiger partial charge in [0.15, 0.2) is 0 Å². The van der Waals surface area contributed by atoms with Crippen LogP contribution in [0.5, 0.6) is 0 Å². The average Bonchev–Trinajstić information content (AvgIpc) is 2.39. The number of halogens is 3. The summed E-state index contributed by atoms with van der Waals surface area (Å²) in [6.45, 7) is -10.9. The van der Waals surface area contributed by atoms with E-state index >= 15 is 0 Å². The van der Waals surface area contributed by atoms with Gasteiger partial charge in [0.25, 0.3) is 0 Å². The zero-order valence-corrected chi connectivity index (χ0v) is 11.5. The number of rotatable bonds is 3. The lowest BCUT2D eigenvalue weighted by molar-refractivity contribution is 0.163. The third-order valence-corrected chi connectivity index (χ3v) is 2.67. The molecular formula is C12H19Cl3N2O. The highest BCUT2D eigenvalue weighted by molar-refractivity contribution is 6.38. The quantitative estimate of drug-likeness (QED) is 0.747. The first-order chi connectivity index (χ1) is 11.5. The van der Waals surface area contributed by atoms with E-state index in [9.17, 15) is 5.11 Å². The van der Waals surface area contributed by atoms with Gasteiger partial charge in [-0.1, -0.05) is 23.2 Å². The van der Waals surface area contributed by atoms with Crippen molar-refractivity contribution in [2.75, 3.05) is 12.3 Å². The molecule has 0 saturated carbocycles. The first-order valence-corrected chi connectivity index (χ1v) is 5.39. The van der Waals surface area contributed by atoms with Crippen molar-refractivity contribution in [2.24, 2.45) is 0 Å². The Bertz CT molecular complexity index is 602. The second-order valence-corrected chi connectivity index (χ2v) is 4.36. The van der Waals surface area contributed by atoms with Crippen LogP contribution in [0, 0.1) is 0 Å². The van der Waals surface area contributed by atoms with Crippen molar-refractivity contribution in [2.45, 2.75) is 32.2 Å². The highest BCUT2D eigenvalue weighted by atomic mass is 35.5. The highest BCUT2D eigenvalue weighted by Crippen LogP contribution is 2.31. The van der Waals surface area contributed by atoms with Crippen LogP contribution < -0.4 is 11.1 Å². The lowest BCUT2D eigenvalue weighted by Gasteiger charge is -2.23. The molecule has 0 aliphatic carbocycles. The Labute approximate surface area is 137 Å². The maximum absolute atomic E-state index is 10.2. The molecule has 1 atom stereocenters. The second kappa shape index (κ2) is 6.83. The van der Waals surface area contributed by atoms with E-state index in [4.69, 9.17) is 41.3 Å². The van der Waals surface area contributed by atoms with Crippen molar-refractivity contribution in [3.05, 3.63) is 27.7 Å². The van der Waals surface area contributed by atoms with Gasteiger partial charge in [-0.15, -0.1) is 12.4 Å². The Balaban J connectivity index is 0.00000676. The van der Waals surface area contributed by atoms with E-state index in [-0.39, 0.29) is 33.7 Å². The number of nitrogen functional groups attached to an aromatic ring is 1. The molecular weight excluding hydrogens is 295 g/mol. The van der Waals surface area contributed by atoms with Gasteiger partial charge in [0.05, 0.1) is 21.8 Å². The van der Waals surface area contributed by atoms with E-state index in [1.165, 1.54) is 12.1 Å². The number of hydrogen-bond acceptors (Lipinski definition) is 3. The Morgan fingerprint density at radius 1 is 1.39 bits per heavy atom. The van der Waals surface area contributed by atoms with Gasteiger partial charge in [-0.05, 0) is 38.3 Å². The van der Waals surface area contributed by atoms with Crippen molar-refractivity contribution in [1.82, 2.24) is 5.32 Å². The predicted molar refractivity (Wildman–Crippen MR) is 80.8 cm³/mol. The number of hydrogen-bond donors (Lipinski definition) is 3.